The zero-order chi connectivity index (χ0) is 23.4. The molecule has 0 aliphatic carbocycles. The fourth-order valence-electron chi connectivity index (χ4n) is 2.35. The van der Waals surface area contributed by atoms with Crippen molar-refractivity contribution in [1.29, 1.82) is 0 Å². The average Bonchev–Trinajstić information content (AvgIpc) is 2.68. The molecule has 13 heteroatoms. The molecule has 164 valence electrons. The van der Waals surface area contributed by atoms with Gasteiger partial charge >= 0.3 is 12.1 Å². The van der Waals surface area contributed by atoms with Crippen molar-refractivity contribution < 1.29 is 35.9 Å². The van der Waals surface area contributed by atoms with Crippen LogP contribution in [-0.2, 0) is 14.8 Å². The number of halogens is 4. The summed E-state index contributed by atoms with van der Waals surface area (Å²) in [4.78, 5) is 16.5. The number of rotatable bonds is 3. The fraction of sp³-hybridized carbons (Fsp3) is 0.0556. The van der Waals surface area contributed by atoms with Crippen LogP contribution in [0.25, 0.3) is 22.3 Å². The minimum absolute atomic E-state index is 0.0621. The van der Waals surface area contributed by atoms with Gasteiger partial charge in [0.25, 0.3) is 0 Å². The number of hydrogen-bond acceptors (Lipinski definition) is 6. The van der Waals surface area contributed by atoms with Gasteiger partial charge in [-0.15, -0.1) is 0 Å². The van der Waals surface area contributed by atoms with Crippen LogP contribution in [0, 0.1) is 5.82 Å². The predicted octanol–water partition coefficient (Wildman–Crippen LogP) is 2.81. The first-order valence-corrected chi connectivity index (χ1v) is 9.65. The topological polar surface area (TPSA) is 149 Å². The summed E-state index contributed by atoms with van der Waals surface area (Å²) in [7, 11) is -3.92. The Morgan fingerprint density at radius 2 is 1.52 bits per heavy atom. The minimum atomic E-state index is -5.08. The van der Waals surface area contributed by atoms with E-state index in [2.05, 4.69) is 9.97 Å². The second kappa shape index (κ2) is 9.06. The number of carboxylic acid groups (broad SMARTS) is 1. The first kappa shape index (κ1) is 23.7. The molecule has 0 bridgehead atoms. The van der Waals surface area contributed by atoms with Gasteiger partial charge in [0.15, 0.2) is 0 Å². The van der Waals surface area contributed by atoms with E-state index in [1.165, 1.54) is 30.6 Å². The molecule has 0 amide bonds. The van der Waals surface area contributed by atoms with E-state index in [4.69, 9.17) is 20.8 Å². The van der Waals surface area contributed by atoms with E-state index in [0.717, 1.165) is 0 Å². The molecular formula is C18H14F4N4O4S. The Bertz CT molecular complexity index is 1200. The Labute approximate surface area is 173 Å². The summed E-state index contributed by atoms with van der Waals surface area (Å²) in [6.07, 6.45) is -2.25. The summed E-state index contributed by atoms with van der Waals surface area (Å²) in [5.41, 5.74) is 6.90. The SMILES string of the molecule is Nc1ncc(-c2ccc(-c3ccccc3S(N)(=O)=O)cc2F)cn1.O=C(O)C(F)(F)F. The van der Waals surface area contributed by atoms with E-state index in [0.29, 0.717) is 16.7 Å². The molecule has 1 aromatic heterocycles. The van der Waals surface area contributed by atoms with Gasteiger partial charge in [-0.05, 0) is 17.7 Å². The maximum Gasteiger partial charge on any atom is 0.490 e. The van der Waals surface area contributed by atoms with Crippen LogP contribution in [0.2, 0.25) is 0 Å². The number of nitrogens with zero attached hydrogens (tertiary/aromatic N) is 2. The summed E-state index contributed by atoms with van der Waals surface area (Å²) < 4.78 is 69.6. The van der Waals surface area contributed by atoms with Crippen LogP contribution >= 0.6 is 0 Å². The number of alkyl halides is 3. The van der Waals surface area contributed by atoms with Gasteiger partial charge in [0.2, 0.25) is 16.0 Å². The van der Waals surface area contributed by atoms with Crippen molar-refractivity contribution in [3.63, 3.8) is 0 Å². The van der Waals surface area contributed by atoms with Crippen LogP contribution in [0.5, 0.6) is 0 Å². The molecule has 0 aliphatic heterocycles. The summed E-state index contributed by atoms with van der Waals surface area (Å²) in [6, 6.07) is 10.5. The molecule has 0 aliphatic rings. The van der Waals surface area contributed by atoms with Gasteiger partial charge in [0, 0.05) is 29.1 Å². The number of hydrogen-bond donors (Lipinski definition) is 3. The lowest BCUT2D eigenvalue weighted by Crippen LogP contribution is -2.21. The standard InChI is InChI=1S/C16H13FN4O2S.C2HF3O2/c17-14-7-10(13-3-1-2-4-15(13)24(19,22)23)5-6-12(14)11-8-20-16(18)21-9-11;3-2(4,5)1(6)7/h1-9H,(H2,18,20,21)(H2,19,22,23);(H,6,7). The molecule has 0 atom stereocenters. The normalized spacial score (nSPS) is 11.4. The van der Waals surface area contributed by atoms with Crippen molar-refractivity contribution in [2.45, 2.75) is 11.1 Å². The van der Waals surface area contributed by atoms with E-state index in [-0.39, 0.29) is 16.4 Å². The lowest BCUT2D eigenvalue weighted by molar-refractivity contribution is -0.192. The largest absolute Gasteiger partial charge is 0.490 e. The van der Waals surface area contributed by atoms with Crippen molar-refractivity contribution in [3.8, 4) is 22.3 Å². The molecule has 3 aromatic rings. The minimum Gasteiger partial charge on any atom is -0.475 e. The highest BCUT2D eigenvalue weighted by Gasteiger charge is 2.38. The predicted molar refractivity (Wildman–Crippen MR) is 102 cm³/mol. The number of carboxylic acids is 1. The van der Waals surface area contributed by atoms with Gasteiger partial charge < -0.3 is 10.8 Å². The molecule has 0 fully saturated rings. The van der Waals surface area contributed by atoms with Crippen LogP contribution in [0.1, 0.15) is 0 Å². The zero-order valence-electron chi connectivity index (χ0n) is 15.3. The third-order valence-corrected chi connectivity index (χ3v) is 4.67. The first-order valence-electron chi connectivity index (χ1n) is 8.10. The maximum atomic E-state index is 14.5. The summed E-state index contributed by atoms with van der Waals surface area (Å²) in [5, 5.41) is 12.3. The average molecular weight is 458 g/mol. The quantitative estimate of drug-likeness (QED) is 0.511. The number of carbonyl (C=O) groups is 1. The highest BCUT2D eigenvalue weighted by atomic mass is 32.2. The molecule has 3 rings (SSSR count). The Balaban J connectivity index is 0.000000423. The summed E-state index contributed by atoms with van der Waals surface area (Å²) in [5.74, 6) is -3.20. The maximum absolute atomic E-state index is 14.5. The molecule has 0 unspecified atom stereocenters. The van der Waals surface area contributed by atoms with Crippen molar-refractivity contribution in [2.24, 2.45) is 5.14 Å². The molecule has 0 spiro atoms. The van der Waals surface area contributed by atoms with Crippen molar-refractivity contribution in [2.75, 3.05) is 5.73 Å². The Kier molecular flexibility index (Phi) is 6.92. The van der Waals surface area contributed by atoms with Gasteiger partial charge in [-0.25, -0.2) is 32.7 Å². The highest BCUT2D eigenvalue weighted by Crippen LogP contribution is 2.30. The van der Waals surface area contributed by atoms with Crippen molar-refractivity contribution in [1.82, 2.24) is 9.97 Å². The number of sulfonamides is 1. The Morgan fingerprint density at radius 1 is 0.968 bits per heavy atom. The number of anilines is 1. The lowest BCUT2D eigenvalue weighted by atomic mass is 10.0. The van der Waals surface area contributed by atoms with Gasteiger partial charge in [-0.1, -0.05) is 30.3 Å². The Hall–Kier alpha value is -3.58. The van der Waals surface area contributed by atoms with Gasteiger partial charge in [0.05, 0.1) is 4.90 Å². The summed E-state index contributed by atoms with van der Waals surface area (Å²) >= 11 is 0. The third-order valence-electron chi connectivity index (χ3n) is 3.70. The molecule has 2 aromatic carbocycles. The smallest absolute Gasteiger partial charge is 0.475 e. The zero-order valence-corrected chi connectivity index (χ0v) is 16.2. The molecule has 0 radical (unpaired) electrons. The molecular weight excluding hydrogens is 444 g/mol. The van der Waals surface area contributed by atoms with Crippen LogP contribution in [-0.4, -0.2) is 35.6 Å². The fourth-order valence-corrected chi connectivity index (χ4v) is 3.11. The lowest BCUT2D eigenvalue weighted by Gasteiger charge is -2.10. The van der Waals surface area contributed by atoms with E-state index in [1.807, 2.05) is 0 Å². The second-order valence-electron chi connectivity index (χ2n) is 5.87. The number of aliphatic carboxylic acids is 1. The first-order chi connectivity index (χ1) is 14.3. The number of nitrogens with two attached hydrogens (primary N) is 2. The van der Waals surface area contributed by atoms with E-state index in [9.17, 15) is 26.0 Å². The molecule has 1 heterocycles. The van der Waals surface area contributed by atoms with Crippen LogP contribution in [0.3, 0.4) is 0 Å². The van der Waals surface area contributed by atoms with E-state index < -0.39 is 28.0 Å². The number of primary sulfonamides is 1. The van der Waals surface area contributed by atoms with Crippen LogP contribution in [0.15, 0.2) is 59.8 Å². The van der Waals surface area contributed by atoms with E-state index >= 15 is 0 Å². The number of nitrogen functional groups attached to an aromatic ring is 1. The molecule has 31 heavy (non-hydrogen) atoms. The van der Waals surface area contributed by atoms with Gasteiger partial charge in [-0.3, -0.25) is 0 Å². The third kappa shape index (κ3) is 6.20. The van der Waals surface area contributed by atoms with Crippen molar-refractivity contribution >= 4 is 21.9 Å². The molecule has 8 nitrogen and oxygen atoms in total. The Morgan fingerprint density at radius 3 is 2.00 bits per heavy atom. The second-order valence-corrected chi connectivity index (χ2v) is 7.40. The van der Waals surface area contributed by atoms with Crippen LogP contribution in [0.4, 0.5) is 23.5 Å². The van der Waals surface area contributed by atoms with E-state index in [1.54, 1.807) is 24.3 Å². The number of aromatic nitrogens is 2. The monoisotopic (exact) mass is 458 g/mol. The number of benzene rings is 2. The molecule has 0 saturated heterocycles. The highest BCUT2D eigenvalue weighted by molar-refractivity contribution is 7.89. The molecule has 0 saturated carbocycles. The van der Waals surface area contributed by atoms with Gasteiger partial charge in [-0.2, -0.15) is 13.2 Å². The summed E-state index contributed by atoms with van der Waals surface area (Å²) in [6.45, 7) is 0. The molecule has 5 N–H and O–H groups in total. The van der Waals surface area contributed by atoms with Crippen LogP contribution < -0.4 is 10.9 Å². The van der Waals surface area contributed by atoms with Crippen molar-refractivity contribution in [3.05, 3.63) is 60.7 Å². The van der Waals surface area contributed by atoms with Gasteiger partial charge in [0.1, 0.15) is 5.82 Å².